The molecule has 2 amide bonds. The normalized spacial score (nSPS) is 26.6. The molecule has 7 nitrogen and oxygen atoms in total. The van der Waals surface area contributed by atoms with Gasteiger partial charge in [0.1, 0.15) is 0 Å². The van der Waals surface area contributed by atoms with Crippen LogP contribution in [0, 0.1) is 0 Å². The SMILES string of the molecule is CC(C)N1CCNC(=O)C1CC(=O)NC1CCC(Sc2ncccn2)CC1. The summed E-state index contributed by atoms with van der Waals surface area (Å²) in [5.74, 6) is -0.0572. The van der Waals surface area contributed by atoms with Crippen LogP contribution >= 0.6 is 11.8 Å². The van der Waals surface area contributed by atoms with Gasteiger partial charge in [0.2, 0.25) is 11.8 Å². The zero-order valence-electron chi connectivity index (χ0n) is 16.1. The molecule has 1 atom stereocenters. The minimum absolute atomic E-state index is 0.0230. The number of thioether (sulfide) groups is 1. The van der Waals surface area contributed by atoms with Gasteiger partial charge in [-0.05, 0) is 45.6 Å². The summed E-state index contributed by atoms with van der Waals surface area (Å²) in [6.07, 6.45) is 7.76. The number of nitrogens with one attached hydrogen (secondary N) is 2. The summed E-state index contributed by atoms with van der Waals surface area (Å²) in [5, 5.41) is 7.35. The van der Waals surface area contributed by atoms with Crippen LogP contribution in [0.25, 0.3) is 0 Å². The Balaban J connectivity index is 1.44. The monoisotopic (exact) mass is 391 g/mol. The highest BCUT2D eigenvalue weighted by Crippen LogP contribution is 2.31. The summed E-state index contributed by atoms with van der Waals surface area (Å²) in [4.78, 5) is 35.4. The van der Waals surface area contributed by atoms with Gasteiger partial charge in [0.25, 0.3) is 0 Å². The number of piperazine rings is 1. The molecule has 1 aromatic heterocycles. The Kier molecular flexibility index (Phi) is 7.07. The number of nitrogens with zero attached hydrogens (tertiary/aromatic N) is 3. The number of aromatic nitrogens is 2. The average Bonchev–Trinajstić information content (AvgIpc) is 2.65. The summed E-state index contributed by atoms with van der Waals surface area (Å²) >= 11 is 1.72. The van der Waals surface area contributed by atoms with Crippen molar-refractivity contribution in [3.63, 3.8) is 0 Å². The zero-order valence-corrected chi connectivity index (χ0v) is 16.9. The van der Waals surface area contributed by atoms with Gasteiger partial charge < -0.3 is 10.6 Å². The zero-order chi connectivity index (χ0) is 19.2. The molecule has 0 spiro atoms. The summed E-state index contributed by atoms with van der Waals surface area (Å²) in [7, 11) is 0. The lowest BCUT2D eigenvalue weighted by Gasteiger charge is -2.37. The van der Waals surface area contributed by atoms with E-state index in [4.69, 9.17) is 0 Å². The molecule has 148 valence electrons. The molecule has 0 bridgehead atoms. The second kappa shape index (κ2) is 9.50. The van der Waals surface area contributed by atoms with Crippen molar-refractivity contribution in [2.75, 3.05) is 13.1 Å². The molecule has 1 saturated carbocycles. The molecular formula is C19H29N5O2S. The fraction of sp³-hybridized carbons (Fsp3) is 0.684. The minimum Gasteiger partial charge on any atom is -0.353 e. The summed E-state index contributed by atoms with van der Waals surface area (Å²) in [6.45, 7) is 5.59. The van der Waals surface area contributed by atoms with Gasteiger partial charge in [-0.2, -0.15) is 0 Å². The maximum atomic E-state index is 12.5. The fourth-order valence-corrected chi connectivity index (χ4v) is 4.89. The van der Waals surface area contributed by atoms with Crippen molar-refractivity contribution < 1.29 is 9.59 Å². The predicted molar refractivity (Wildman–Crippen MR) is 105 cm³/mol. The summed E-state index contributed by atoms with van der Waals surface area (Å²) < 4.78 is 0. The molecular weight excluding hydrogens is 362 g/mol. The predicted octanol–water partition coefficient (Wildman–Crippen LogP) is 1.60. The molecule has 0 aromatic carbocycles. The van der Waals surface area contributed by atoms with Crippen LogP contribution in [-0.4, -0.2) is 63.1 Å². The van der Waals surface area contributed by atoms with E-state index in [2.05, 4.69) is 39.3 Å². The summed E-state index contributed by atoms with van der Waals surface area (Å²) in [5.41, 5.74) is 0. The van der Waals surface area contributed by atoms with Crippen LogP contribution < -0.4 is 10.6 Å². The number of hydrogen-bond donors (Lipinski definition) is 2. The van der Waals surface area contributed by atoms with Crippen LogP contribution in [0.15, 0.2) is 23.6 Å². The largest absolute Gasteiger partial charge is 0.353 e. The molecule has 1 aromatic rings. The molecule has 2 fully saturated rings. The van der Waals surface area contributed by atoms with Crippen molar-refractivity contribution in [3.8, 4) is 0 Å². The average molecular weight is 392 g/mol. The van der Waals surface area contributed by atoms with Crippen LogP contribution in [0.5, 0.6) is 0 Å². The van der Waals surface area contributed by atoms with E-state index in [0.29, 0.717) is 11.8 Å². The lowest BCUT2D eigenvalue weighted by molar-refractivity contribution is -0.135. The van der Waals surface area contributed by atoms with Gasteiger partial charge >= 0.3 is 0 Å². The van der Waals surface area contributed by atoms with Gasteiger partial charge in [-0.25, -0.2) is 9.97 Å². The van der Waals surface area contributed by atoms with Gasteiger partial charge in [-0.1, -0.05) is 11.8 Å². The van der Waals surface area contributed by atoms with Crippen molar-refractivity contribution in [2.24, 2.45) is 0 Å². The van der Waals surface area contributed by atoms with Crippen LogP contribution in [0.1, 0.15) is 46.0 Å². The Hall–Kier alpha value is -1.67. The van der Waals surface area contributed by atoms with Gasteiger partial charge in [0.15, 0.2) is 5.16 Å². The highest BCUT2D eigenvalue weighted by atomic mass is 32.2. The molecule has 2 heterocycles. The van der Waals surface area contributed by atoms with Crippen molar-refractivity contribution in [3.05, 3.63) is 18.5 Å². The van der Waals surface area contributed by atoms with E-state index >= 15 is 0 Å². The third-order valence-electron chi connectivity index (χ3n) is 5.27. The summed E-state index contributed by atoms with van der Waals surface area (Å²) in [6, 6.07) is 1.91. The molecule has 1 aliphatic heterocycles. The molecule has 1 saturated heterocycles. The number of carbonyl (C=O) groups excluding carboxylic acids is 2. The Bertz CT molecular complexity index is 634. The van der Waals surface area contributed by atoms with Gasteiger partial charge in [0, 0.05) is 42.8 Å². The second-order valence-corrected chi connectivity index (χ2v) is 8.80. The van der Waals surface area contributed by atoms with Gasteiger partial charge in [-0.3, -0.25) is 14.5 Å². The van der Waals surface area contributed by atoms with Crippen LogP contribution in [0.4, 0.5) is 0 Å². The van der Waals surface area contributed by atoms with E-state index in [0.717, 1.165) is 37.4 Å². The first-order valence-corrected chi connectivity index (χ1v) is 10.7. The Morgan fingerprint density at radius 2 is 2.00 bits per heavy atom. The highest BCUT2D eigenvalue weighted by molar-refractivity contribution is 7.99. The number of amides is 2. The van der Waals surface area contributed by atoms with Crippen molar-refractivity contribution >= 4 is 23.6 Å². The Labute approximate surface area is 165 Å². The lowest BCUT2D eigenvalue weighted by atomic mass is 9.94. The molecule has 2 aliphatic rings. The Morgan fingerprint density at radius 1 is 1.30 bits per heavy atom. The maximum absolute atomic E-state index is 12.5. The van der Waals surface area contributed by atoms with Crippen molar-refractivity contribution in [1.29, 1.82) is 0 Å². The number of hydrogen-bond acceptors (Lipinski definition) is 6. The minimum atomic E-state index is -0.360. The topological polar surface area (TPSA) is 87.2 Å². The smallest absolute Gasteiger partial charge is 0.237 e. The third-order valence-corrected chi connectivity index (χ3v) is 6.49. The van der Waals surface area contributed by atoms with E-state index in [1.54, 1.807) is 24.2 Å². The van der Waals surface area contributed by atoms with Crippen molar-refractivity contribution in [1.82, 2.24) is 25.5 Å². The standard InChI is InChI=1S/C19H29N5O2S/c1-13(2)24-11-10-20-18(26)16(24)12-17(25)23-14-4-6-15(7-5-14)27-19-21-8-3-9-22-19/h3,8-9,13-16H,4-7,10-12H2,1-2H3,(H,20,26)(H,23,25). The van der Waals surface area contributed by atoms with Crippen LogP contribution in [0.2, 0.25) is 0 Å². The molecule has 1 unspecified atom stereocenters. The van der Waals surface area contributed by atoms with Crippen molar-refractivity contribution in [2.45, 2.75) is 74.5 Å². The molecule has 0 radical (unpaired) electrons. The molecule has 2 N–H and O–H groups in total. The molecule has 8 heteroatoms. The third kappa shape index (κ3) is 5.65. The fourth-order valence-electron chi connectivity index (χ4n) is 3.84. The molecule has 1 aliphatic carbocycles. The van der Waals surface area contributed by atoms with E-state index in [1.807, 2.05) is 6.07 Å². The lowest BCUT2D eigenvalue weighted by Crippen LogP contribution is -2.58. The highest BCUT2D eigenvalue weighted by Gasteiger charge is 2.33. The Morgan fingerprint density at radius 3 is 2.67 bits per heavy atom. The van der Waals surface area contributed by atoms with E-state index in [9.17, 15) is 9.59 Å². The number of carbonyl (C=O) groups is 2. The van der Waals surface area contributed by atoms with Crippen LogP contribution in [0.3, 0.4) is 0 Å². The first kappa shape index (κ1) is 20.1. The maximum Gasteiger partial charge on any atom is 0.237 e. The number of rotatable bonds is 6. The quantitative estimate of drug-likeness (QED) is 0.716. The van der Waals surface area contributed by atoms with E-state index in [1.165, 1.54) is 0 Å². The molecule has 3 rings (SSSR count). The van der Waals surface area contributed by atoms with E-state index < -0.39 is 0 Å². The molecule has 27 heavy (non-hydrogen) atoms. The van der Waals surface area contributed by atoms with Crippen LogP contribution in [-0.2, 0) is 9.59 Å². The van der Waals surface area contributed by atoms with E-state index in [-0.39, 0.29) is 36.4 Å². The van der Waals surface area contributed by atoms with Gasteiger partial charge in [0.05, 0.1) is 12.5 Å². The first-order chi connectivity index (χ1) is 13.0. The second-order valence-electron chi connectivity index (χ2n) is 7.53. The first-order valence-electron chi connectivity index (χ1n) is 9.79. The van der Waals surface area contributed by atoms with Gasteiger partial charge in [-0.15, -0.1) is 0 Å².